The summed E-state index contributed by atoms with van der Waals surface area (Å²) in [4.78, 5) is 37.5. The van der Waals surface area contributed by atoms with Crippen LogP contribution in [0.25, 0.3) is 0 Å². The summed E-state index contributed by atoms with van der Waals surface area (Å²) >= 11 is 0. The molecule has 2 unspecified atom stereocenters. The zero-order valence-electron chi connectivity index (χ0n) is 17.4. The Bertz CT molecular complexity index is 1060. The zero-order valence-corrected chi connectivity index (χ0v) is 17.4. The molecule has 4 aliphatic heterocycles. The summed E-state index contributed by atoms with van der Waals surface area (Å²) in [5, 5.41) is 9.48. The molecule has 0 radical (unpaired) electrons. The first-order chi connectivity index (χ1) is 15.6. The van der Waals surface area contributed by atoms with Crippen molar-refractivity contribution in [3.8, 4) is 0 Å². The lowest BCUT2D eigenvalue weighted by Gasteiger charge is -2.34. The van der Waals surface area contributed by atoms with E-state index in [0.29, 0.717) is 26.3 Å². The van der Waals surface area contributed by atoms with Crippen LogP contribution in [-0.4, -0.2) is 65.3 Å². The van der Waals surface area contributed by atoms with Crippen molar-refractivity contribution in [3.63, 3.8) is 0 Å². The van der Waals surface area contributed by atoms with Gasteiger partial charge in [0.05, 0.1) is 24.6 Å². The molecule has 2 fully saturated rings. The van der Waals surface area contributed by atoms with Gasteiger partial charge >= 0.3 is 12.2 Å². The Hall–Kier alpha value is -3.39. The van der Waals surface area contributed by atoms with Crippen molar-refractivity contribution in [3.05, 3.63) is 70.8 Å². The van der Waals surface area contributed by atoms with E-state index < -0.39 is 0 Å². The summed E-state index contributed by atoms with van der Waals surface area (Å²) in [6.45, 7) is 1.89. The molecule has 4 atom stereocenters. The smallest absolute Gasteiger partial charge is 0.410 e. The molecule has 0 bridgehead atoms. The predicted octanol–water partition coefficient (Wildman–Crippen LogP) is 2.40. The van der Waals surface area contributed by atoms with Crippen molar-refractivity contribution in [1.82, 2.24) is 9.80 Å². The highest BCUT2D eigenvalue weighted by Crippen LogP contribution is 2.37. The normalized spacial score (nSPS) is 27.2. The molecule has 0 aromatic heterocycles. The number of amides is 2. The van der Waals surface area contributed by atoms with Crippen molar-refractivity contribution < 1.29 is 29.0 Å². The second-order valence-corrected chi connectivity index (χ2v) is 8.39. The lowest BCUT2D eigenvalue weighted by atomic mass is 9.85. The molecule has 32 heavy (non-hydrogen) atoms. The largest absolute Gasteiger partial charge is 0.447 e. The van der Waals surface area contributed by atoms with Gasteiger partial charge in [0.2, 0.25) is 0 Å². The molecule has 0 saturated carbocycles. The number of hydrogen-bond acceptors (Lipinski definition) is 6. The molecule has 2 amide bonds. The van der Waals surface area contributed by atoms with Crippen molar-refractivity contribution in [2.75, 3.05) is 19.8 Å². The van der Waals surface area contributed by atoms with E-state index in [1.807, 2.05) is 48.5 Å². The highest BCUT2D eigenvalue weighted by molar-refractivity contribution is 5.75. The fourth-order valence-corrected chi connectivity index (χ4v) is 5.13. The van der Waals surface area contributed by atoms with Crippen LogP contribution in [0.2, 0.25) is 0 Å². The van der Waals surface area contributed by atoms with Crippen molar-refractivity contribution >= 4 is 18.5 Å². The molecular formula is C24H24N2O6. The maximum Gasteiger partial charge on any atom is 0.410 e. The monoisotopic (exact) mass is 436 g/mol. The fraction of sp³-hybridized carbons (Fsp3) is 0.375. The Kier molecular flexibility index (Phi) is 5.30. The van der Waals surface area contributed by atoms with Gasteiger partial charge in [0.25, 0.3) is 0 Å². The number of aldehydes is 1. The van der Waals surface area contributed by atoms with Gasteiger partial charge in [-0.2, -0.15) is 0 Å². The topological polar surface area (TPSA) is 96.4 Å². The van der Waals surface area contributed by atoms with Gasteiger partial charge < -0.3 is 19.4 Å². The summed E-state index contributed by atoms with van der Waals surface area (Å²) in [6.07, 6.45) is 0.335. The van der Waals surface area contributed by atoms with E-state index in [-0.39, 0.29) is 42.7 Å². The quantitative estimate of drug-likeness (QED) is 0.727. The minimum atomic E-state index is -0.314. The Labute approximate surface area is 185 Å². The summed E-state index contributed by atoms with van der Waals surface area (Å²) in [6, 6.07) is 15.6. The Morgan fingerprint density at radius 1 is 0.844 bits per heavy atom. The van der Waals surface area contributed by atoms with E-state index in [4.69, 9.17) is 9.47 Å². The fourth-order valence-electron chi connectivity index (χ4n) is 5.13. The van der Waals surface area contributed by atoms with Gasteiger partial charge in [0, 0.05) is 19.0 Å². The van der Waals surface area contributed by atoms with Crippen molar-refractivity contribution in [1.29, 1.82) is 0 Å². The van der Waals surface area contributed by atoms with Crippen LogP contribution in [0.15, 0.2) is 48.5 Å². The van der Waals surface area contributed by atoms with Crippen LogP contribution >= 0.6 is 0 Å². The summed E-state index contributed by atoms with van der Waals surface area (Å²) in [5.74, 6) is -0.271. The number of benzene rings is 2. The van der Waals surface area contributed by atoms with Gasteiger partial charge in [-0.3, -0.25) is 9.80 Å². The molecular weight excluding hydrogens is 412 g/mol. The highest BCUT2D eigenvalue weighted by atomic mass is 16.6. The van der Waals surface area contributed by atoms with Gasteiger partial charge in [-0.25, -0.2) is 9.59 Å². The maximum absolute atomic E-state index is 11.5. The summed E-state index contributed by atoms with van der Waals surface area (Å²) in [5.41, 5.74) is 4.31. The number of rotatable bonds is 2. The van der Waals surface area contributed by atoms with E-state index in [0.717, 1.165) is 28.5 Å². The lowest BCUT2D eigenvalue weighted by molar-refractivity contribution is -0.110. The van der Waals surface area contributed by atoms with E-state index in [1.165, 1.54) is 0 Å². The number of carbonyl (C=O) groups excluding carboxylic acids is 3. The van der Waals surface area contributed by atoms with Crippen molar-refractivity contribution in [2.45, 2.75) is 37.0 Å². The Morgan fingerprint density at radius 2 is 1.38 bits per heavy atom. The van der Waals surface area contributed by atoms with Crippen molar-refractivity contribution in [2.24, 2.45) is 0 Å². The molecule has 4 heterocycles. The Morgan fingerprint density at radius 3 is 2.00 bits per heavy atom. The number of fused-ring (bicyclic) bond motifs is 4. The third-order valence-corrected chi connectivity index (χ3v) is 6.80. The molecule has 2 aromatic rings. The predicted molar refractivity (Wildman–Crippen MR) is 113 cm³/mol. The van der Waals surface area contributed by atoms with Crippen LogP contribution < -0.4 is 0 Å². The second kappa shape index (κ2) is 8.27. The van der Waals surface area contributed by atoms with Crippen LogP contribution in [-0.2, 0) is 27.4 Å². The van der Waals surface area contributed by atoms with Gasteiger partial charge in [-0.1, -0.05) is 48.5 Å². The molecule has 6 rings (SSSR count). The van der Waals surface area contributed by atoms with E-state index in [2.05, 4.69) is 0 Å². The van der Waals surface area contributed by atoms with E-state index >= 15 is 0 Å². The molecule has 2 aromatic carbocycles. The van der Waals surface area contributed by atoms with E-state index in [1.54, 1.807) is 9.80 Å². The number of aliphatic hydroxyl groups is 1. The molecule has 1 N–H and O–H groups in total. The van der Waals surface area contributed by atoms with Crippen LogP contribution in [0.5, 0.6) is 0 Å². The number of aliphatic hydroxyl groups excluding tert-OH is 1. The Balaban J connectivity index is 0.000000135. The molecule has 0 spiro atoms. The van der Waals surface area contributed by atoms with Gasteiger partial charge in [0.15, 0.2) is 0 Å². The summed E-state index contributed by atoms with van der Waals surface area (Å²) < 4.78 is 10.0. The SMILES string of the molecule is O=C1OC[C@@H]2C(CO)c3ccccc3CN12.O=CC1c2ccccc2CN2C(=O)OC[C@H]12. The molecule has 2 saturated heterocycles. The van der Waals surface area contributed by atoms with Gasteiger partial charge in [-0.15, -0.1) is 0 Å². The van der Waals surface area contributed by atoms with Crippen LogP contribution in [0, 0.1) is 0 Å². The van der Waals surface area contributed by atoms with Crippen LogP contribution in [0.3, 0.4) is 0 Å². The van der Waals surface area contributed by atoms with Gasteiger partial charge in [0.1, 0.15) is 19.5 Å². The van der Waals surface area contributed by atoms with Crippen LogP contribution in [0.1, 0.15) is 34.1 Å². The zero-order chi connectivity index (χ0) is 22.2. The minimum absolute atomic E-state index is 0.00704. The number of ether oxygens (including phenoxy) is 2. The third kappa shape index (κ3) is 3.31. The molecule has 8 heteroatoms. The molecule has 8 nitrogen and oxygen atoms in total. The number of cyclic esters (lactones) is 2. The number of hydrogen-bond donors (Lipinski definition) is 1. The average molecular weight is 436 g/mol. The van der Waals surface area contributed by atoms with Crippen LogP contribution in [0.4, 0.5) is 9.59 Å². The third-order valence-electron chi connectivity index (χ3n) is 6.80. The van der Waals surface area contributed by atoms with E-state index in [9.17, 15) is 19.5 Å². The molecule has 4 aliphatic rings. The highest BCUT2D eigenvalue weighted by Gasteiger charge is 2.44. The average Bonchev–Trinajstić information content (AvgIpc) is 3.38. The standard InChI is InChI=1S/C12H13NO3.C12H11NO3/c2*14-6-10-9-4-2-1-3-8(9)5-13-11(10)7-16-12(13)15/h1-4,10-11,14H,5-7H2;1-4,6,10-11H,5,7H2/t2*10?,11-/m11/s1. The first kappa shape index (κ1) is 20.5. The summed E-state index contributed by atoms with van der Waals surface area (Å²) in [7, 11) is 0. The molecule has 166 valence electrons. The first-order valence-electron chi connectivity index (χ1n) is 10.7. The number of nitrogens with zero attached hydrogens (tertiary/aromatic N) is 2. The minimum Gasteiger partial charge on any atom is -0.447 e. The second-order valence-electron chi connectivity index (χ2n) is 8.39. The number of carbonyl (C=O) groups is 3. The molecule has 0 aliphatic carbocycles. The van der Waals surface area contributed by atoms with Gasteiger partial charge in [-0.05, 0) is 22.3 Å². The maximum atomic E-state index is 11.5. The first-order valence-corrected chi connectivity index (χ1v) is 10.7. The lowest BCUT2D eigenvalue weighted by Crippen LogP contribution is -2.42.